The van der Waals surface area contributed by atoms with Gasteiger partial charge in [0.1, 0.15) is 12.4 Å². The van der Waals surface area contributed by atoms with Gasteiger partial charge in [-0.3, -0.25) is 0 Å². The monoisotopic (exact) mass is 287 g/mol. The van der Waals surface area contributed by atoms with Crippen LogP contribution in [0.3, 0.4) is 0 Å². The Balaban J connectivity index is 2.09. The molecule has 2 aromatic rings. The molecule has 2 N–H and O–H groups in total. The molecule has 0 fully saturated rings. The molecule has 0 amide bonds. The lowest BCUT2D eigenvalue weighted by atomic mass is 10.1. The van der Waals surface area contributed by atoms with Gasteiger partial charge in [0.25, 0.3) is 0 Å². The van der Waals surface area contributed by atoms with Crippen LogP contribution in [0.1, 0.15) is 18.1 Å². The van der Waals surface area contributed by atoms with Gasteiger partial charge in [0.2, 0.25) is 0 Å². The van der Waals surface area contributed by atoms with Crippen LogP contribution in [0.2, 0.25) is 0 Å². The van der Waals surface area contributed by atoms with E-state index in [1.807, 2.05) is 49.4 Å². The molecule has 0 saturated heterocycles. The number of hydrogen-bond donors (Lipinski definition) is 1. The molecule has 4 heteroatoms. The van der Waals surface area contributed by atoms with E-state index in [1.54, 1.807) is 7.11 Å². The summed E-state index contributed by atoms with van der Waals surface area (Å²) in [6.45, 7) is 3.47. The fraction of sp³-hybridized carbons (Fsp3) is 0.294. The van der Waals surface area contributed by atoms with Gasteiger partial charge >= 0.3 is 0 Å². The minimum Gasteiger partial charge on any atom is -0.496 e. The highest BCUT2D eigenvalue weighted by Crippen LogP contribution is 2.28. The summed E-state index contributed by atoms with van der Waals surface area (Å²) in [5.74, 6) is 2.28. The number of nitrogens with two attached hydrogens (primary N) is 1. The van der Waals surface area contributed by atoms with Crippen molar-refractivity contribution >= 4 is 0 Å². The largest absolute Gasteiger partial charge is 0.496 e. The number of rotatable bonds is 7. The quantitative estimate of drug-likeness (QED) is 0.850. The number of benzene rings is 2. The molecule has 21 heavy (non-hydrogen) atoms. The molecule has 0 spiro atoms. The van der Waals surface area contributed by atoms with Crippen molar-refractivity contribution in [2.75, 3.05) is 13.7 Å². The number of para-hydroxylation sites is 2. The topological polar surface area (TPSA) is 53.7 Å². The molecular weight excluding hydrogens is 266 g/mol. The van der Waals surface area contributed by atoms with Crippen molar-refractivity contribution in [2.24, 2.45) is 5.73 Å². The Hall–Kier alpha value is -2.20. The molecule has 0 aromatic heterocycles. The maximum atomic E-state index is 5.84. The van der Waals surface area contributed by atoms with E-state index in [1.165, 1.54) is 0 Å². The SMILES string of the molecule is CCOc1ccccc1OCc1ccc(CN)c(OC)c1. The maximum Gasteiger partial charge on any atom is 0.161 e. The van der Waals surface area contributed by atoms with Crippen LogP contribution in [0.5, 0.6) is 17.2 Å². The van der Waals surface area contributed by atoms with E-state index >= 15 is 0 Å². The fourth-order valence-corrected chi connectivity index (χ4v) is 2.05. The lowest BCUT2D eigenvalue weighted by Gasteiger charge is -2.13. The van der Waals surface area contributed by atoms with Crippen molar-refractivity contribution in [3.63, 3.8) is 0 Å². The highest BCUT2D eigenvalue weighted by Gasteiger charge is 2.06. The fourth-order valence-electron chi connectivity index (χ4n) is 2.05. The molecule has 0 radical (unpaired) electrons. The van der Waals surface area contributed by atoms with Crippen LogP contribution in [-0.2, 0) is 13.2 Å². The first-order chi connectivity index (χ1) is 10.3. The molecule has 0 aliphatic rings. The van der Waals surface area contributed by atoms with E-state index in [-0.39, 0.29) is 0 Å². The third kappa shape index (κ3) is 3.89. The summed E-state index contributed by atoms with van der Waals surface area (Å²) in [5, 5.41) is 0. The van der Waals surface area contributed by atoms with E-state index in [0.717, 1.165) is 28.4 Å². The van der Waals surface area contributed by atoms with Crippen molar-refractivity contribution < 1.29 is 14.2 Å². The molecule has 0 aliphatic carbocycles. The van der Waals surface area contributed by atoms with Crippen LogP contribution in [0, 0.1) is 0 Å². The minimum atomic E-state index is 0.450. The number of methoxy groups -OCH3 is 1. The zero-order valence-corrected chi connectivity index (χ0v) is 12.5. The zero-order chi connectivity index (χ0) is 15.1. The van der Waals surface area contributed by atoms with Gasteiger partial charge in [0.05, 0.1) is 13.7 Å². The van der Waals surface area contributed by atoms with Gasteiger partial charge in [0.15, 0.2) is 11.5 Å². The van der Waals surface area contributed by atoms with Crippen LogP contribution in [-0.4, -0.2) is 13.7 Å². The third-order valence-electron chi connectivity index (χ3n) is 3.11. The Morgan fingerprint density at radius 2 is 1.67 bits per heavy atom. The van der Waals surface area contributed by atoms with Gasteiger partial charge in [0, 0.05) is 12.1 Å². The molecule has 112 valence electrons. The van der Waals surface area contributed by atoms with Crippen molar-refractivity contribution in [2.45, 2.75) is 20.1 Å². The first-order valence-electron chi connectivity index (χ1n) is 6.99. The summed E-state index contributed by atoms with van der Waals surface area (Å²) < 4.78 is 16.7. The van der Waals surface area contributed by atoms with E-state index < -0.39 is 0 Å². The van der Waals surface area contributed by atoms with Crippen LogP contribution >= 0.6 is 0 Å². The van der Waals surface area contributed by atoms with Crippen molar-refractivity contribution in [1.82, 2.24) is 0 Å². The first-order valence-corrected chi connectivity index (χ1v) is 6.99. The molecule has 0 bridgehead atoms. The predicted molar refractivity (Wildman–Crippen MR) is 82.8 cm³/mol. The van der Waals surface area contributed by atoms with E-state index in [4.69, 9.17) is 19.9 Å². The normalized spacial score (nSPS) is 10.2. The smallest absolute Gasteiger partial charge is 0.161 e. The Bertz CT molecular complexity index is 584. The summed E-state index contributed by atoms with van der Waals surface area (Å²) >= 11 is 0. The van der Waals surface area contributed by atoms with Crippen molar-refractivity contribution in [3.8, 4) is 17.2 Å². The van der Waals surface area contributed by atoms with Gasteiger partial charge < -0.3 is 19.9 Å². The van der Waals surface area contributed by atoms with Crippen LogP contribution < -0.4 is 19.9 Å². The average molecular weight is 287 g/mol. The Morgan fingerprint density at radius 1 is 0.952 bits per heavy atom. The average Bonchev–Trinajstić information content (AvgIpc) is 2.54. The van der Waals surface area contributed by atoms with Crippen LogP contribution in [0.25, 0.3) is 0 Å². The molecule has 0 heterocycles. The lowest BCUT2D eigenvalue weighted by Crippen LogP contribution is -2.03. The van der Waals surface area contributed by atoms with E-state index in [0.29, 0.717) is 19.8 Å². The molecule has 2 aromatic carbocycles. The number of hydrogen-bond acceptors (Lipinski definition) is 4. The predicted octanol–water partition coefficient (Wildman–Crippen LogP) is 3.13. The number of ether oxygens (including phenoxy) is 3. The van der Waals surface area contributed by atoms with Gasteiger partial charge in [-0.25, -0.2) is 0 Å². The van der Waals surface area contributed by atoms with Crippen molar-refractivity contribution in [1.29, 1.82) is 0 Å². The summed E-state index contributed by atoms with van der Waals surface area (Å²) in [5.41, 5.74) is 7.67. The molecule has 0 aliphatic heterocycles. The summed E-state index contributed by atoms with van der Waals surface area (Å²) in [4.78, 5) is 0. The third-order valence-corrected chi connectivity index (χ3v) is 3.11. The molecule has 0 atom stereocenters. The highest BCUT2D eigenvalue weighted by molar-refractivity contribution is 5.40. The molecule has 4 nitrogen and oxygen atoms in total. The molecular formula is C17H21NO3. The van der Waals surface area contributed by atoms with Crippen LogP contribution in [0.15, 0.2) is 42.5 Å². The van der Waals surface area contributed by atoms with Crippen molar-refractivity contribution in [3.05, 3.63) is 53.6 Å². The maximum absolute atomic E-state index is 5.84. The molecule has 0 saturated carbocycles. The standard InChI is InChI=1S/C17H21NO3/c1-3-20-15-6-4-5-7-16(15)21-12-13-8-9-14(11-18)17(10-13)19-2/h4-10H,3,11-12,18H2,1-2H3. The summed E-state index contributed by atoms with van der Waals surface area (Å²) in [7, 11) is 1.64. The van der Waals surface area contributed by atoms with Gasteiger partial charge in [-0.05, 0) is 30.7 Å². The van der Waals surface area contributed by atoms with Gasteiger partial charge in [-0.1, -0.05) is 24.3 Å². The highest BCUT2D eigenvalue weighted by atomic mass is 16.5. The van der Waals surface area contributed by atoms with Gasteiger partial charge in [-0.15, -0.1) is 0 Å². The Morgan fingerprint density at radius 3 is 2.29 bits per heavy atom. The summed E-state index contributed by atoms with van der Waals surface area (Å²) in [6, 6.07) is 13.6. The van der Waals surface area contributed by atoms with E-state index in [9.17, 15) is 0 Å². The lowest BCUT2D eigenvalue weighted by molar-refractivity contribution is 0.269. The zero-order valence-electron chi connectivity index (χ0n) is 12.5. The second kappa shape index (κ2) is 7.55. The second-order valence-corrected chi connectivity index (χ2v) is 4.52. The Labute approximate surface area is 125 Å². The minimum absolute atomic E-state index is 0.450. The molecule has 0 unspecified atom stereocenters. The summed E-state index contributed by atoms with van der Waals surface area (Å²) in [6.07, 6.45) is 0. The van der Waals surface area contributed by atoms with E-state index in [2.05, 4.69) is 0 Å². The first kappa shape index (κ1) is 15.2. The second-order valence-electron chi connectivity index (χ2n) is 4.52. The van der Waals surface area contributed by atoms with Crippen LogP contribution in [0.4, 0.5) is 0 Å². The Kier molecular flexibility index (Phi) is 5.46. The molecule has 2 rings (SSSR count). The van der Waals surface area contributed by atoms with Gasteiger partial charge in [-0.2, -0.15) is 0 Å².